The van der Waals surface area contributed by atoms with Gasteiger partial charge in [-0.1, -0.05) is 46.4 Å². The molecule has 0 heterocycles. The van der Waals surface area contributed by atoms with Gasteiger partial charge in [0.05, 0.1) is 14.2 Å². The van der Waals surface area contributed by atoms with Crippen LogP contribution in [0.2, 0.25) is 0 Å². The molecular weight excluding hydrogens is 280 g/mol. The monoisotopic (exact) mass is 304 g/mol. The highest BCUT2D eigenvalue weighted by molar-refractivity contribution is 8.14. The molecule has 0 unspecified atom stereocenters. The number of methoxy groups -OCH3 is 2. The molecule has 2 atom stereocenters. The van der Waals surface area contributed by atoms with Gasteiger partial charge in [0.15, 0.2) is 11.0 Å². The Morgan fingerprint density at radius 2 is 1.35 bits per heavy atom. The van der Waals surface area contributed by atoms with Crippen molar-refractivity contribution in [1.29, 1.82) is 0 Å². The third kappa shape index (κ3) is 5.53. The molecule has 0 aliphatic rings. The Balaban J connectivity index is 5.06. The molecule has 0 fully saturated rings. The summed E-state index contributed by atoms with van der Waals surface area (Å²) in [5.41, 5.74) is 0. The van der Waals surface area contributed by atoms with Gasteiger partial charge in [-0.3, -0.25) is 14.4 Å². The van der Waals surface area contributed by atoms with Gasteiger partial charge in [0.1, 0.15) is 0 Å². The molecule has 0 rings (SSSR count). The summed E-state index contributed by atoms with van der Waals surface area (Å²) in [7, 11) is 2.42. The molecule has 0 amide bonds. The van der Waals surface area contributed by atoms with Crippen molar-refractivity contribution in [3.05, 3.63) is 0 Å². The van der Waals surface area contributed by atoms with E-state index in [1.54, 1.807) is 13.8 Å². The lowest BCUT2D eigenvalue weighted by Crippen LogP contribution is -2.37. The van der Waals surface area contributed by atoms with Gasteiger partial charge in [0.2, 0.25) is 0 Å². The highest BCUT2D eigenvalue weighted by Crippen LogP contribution is 2.32. The standard InChI is InChI=1S/C14H24O5S/c1-8(9(2)13(17)20-14(3,4)5)10(11(15)18-6)12(16)19-7/h8-10H,1-7H3/t8-,9+/m0/s1. The van der Waals surface area contributed by atoms with E-state index < -0.39 is 29.7 Å². The van der Waals surface area contributed by atoms with E-state index in [2.05, 4.69) is 9.47 Å². The van der Waals surface area contributed by atoms with Crippen molar-refractivity contribution in [3.8, 4) is 0 Å². The fraction of sp³-hybridized carbons (Fsp3) is 0.786. The van der Waals surface area contributed by atoms with E-state index in [1.165, 1.54) is 26.0 Å². The van der Waals surface area contributed by atoms with Crippen LogP contribution in [0.4, 0.5) is 0 Å². The van der Waals surface area contributed by atoms with E-state index in [4.69, 9.17) is 0 Å². The Labute approximate surface area is 124 Å². The molecule has 0 bridgehead atoms. The maximum atomic E-state index is 12.2. The molecule has 0 saturated carbocycles. The topological polar surface area (TPSA) is 69.7 Å². The van der Waals surface area contributed by atoms with Gasteiger partial charge in [-0.05, 0) is 5.92 Å². The van der Waals surface area contributed by atoms with Crippen LogP contribution in [-0.2, 0) is 23.9 Å². The van der Waals surface area contributed by atoms with Gasteiger partial charge >= 0.3 is 11.9 Å². The van der Waals surface area contributed by atoms with E-state index in [9.17, 15) is 14.4 Å². The summed E-state index contributed by atoms with van der Waals surface area (Å²) in [5, 5.41) is -0.0530. The molecule has 0 aromatic heterocycles. The minimum atomic E-state index is -1.08. The van der Waals surface area contributed by atoms with Crippen molar-refractivity contribution in [2.24, 2.45) is 17.8 Å². The molecule has 116 valence electrons. The van der Waals surface area contributed by atoms with Crippen LogP contribution in [0.25, 0.3) is 0 Å². The van der Waals surface area contributed by atoms with Crippen LogP contribution >= 0.6 is 11.8 Å². The van der Waals surface area contributed by atoms with Crippen molar-refractivity contribution in [2.45, 2.75) is 39.4 Å². The Hall–Kier alpha value is -1.04. The van der Waals surface area contributed by atoms with Crippen LogP contribution in [0.1, 0.15) is 34.6 Å². The molecule has 0 aliphatic carbocycles. The molecule has 0 aromatic rings. The molecule has 0 N–H and O–H groups in total. The summed E-state index contributed by atoms with van der Waals surface area (Å²) in [6, 6.07) is 0. The first kappa shape index (κ1) is 19.0. The number of carbonyl (C=O) groups is 3. The fourth-order valence-corrected chi connectivity index (χ4v) is 2.68. The van der Waals surface area contributed by atoms with Gasteiger partial charge in [-0.2, -0.15) is 0 Å². The number of rotatable bonds is 5. The molecule has 6 heteroatoms. The second-order valence-corrected chi connectivity index (χ2v) is 7.54. The lowest BCUT2D eigenvalue weighted by Gasteiger charge is -2.26. The first-order valence-electron chi connectivity index (χ1n) is 6.43. The van der Waals surface area contributed by atoms with Crippen molar-refractivity contribution < 1.29 is 23.9 Å². The van der Waals surface area contributed by atoms with Crippen molar-refractivity contribution >= 4 is 28.8 Å². The smallest absolute Gasteiger partial charge is 0.320 e. The van der Waals surface area contributed by atoms with Crippen LogP contribution in [-0.4, -0.2) is 36.0 Å². The number of ether oxygens (including phenoxy) is 2. The maximum absolute atomic E-state index is 12.2. The lowest BCUT2D eigenvalue weighted by atomic mass is 9.84. The van der Waals surface area contributed by atoms with E-state index in [0.717, 1.165) is 0 Å². The quantitative estimate of drug-likeness (QED) is 0.573. The summed E-state index contributed by atoms with van der Waals surface area (Å²) >= 11 is 1.21. The molecule has 0 aliphatic heterocycles. The molecule has 5 nitrogen and oxygen atoms in total. The number of hydrogen-bond donors (Lipinski definition) is 0. The number of thioether (sulfide) groups is 1. The molecular formula is C14H24O5S. The summed E-state index contributed by atoms with van der Waals surface area (Å²) < 4.78 is 9.05. The van der Waals surface area contributed by atoms with Gasteiger partial charge in [-0.15, -0.1) is 0 Å². The summed E-state index contributed by atoms with van der Waals surface area (Å²) in [6.45, 7) is 9.20. The van der Waals surface area contributed by atoms with Crippen LogP contribution in [0.3, 0.4) is 0 Å². The van der Waals surface area contributed by atoms with E-state index in [0.29, 0.717) is 0 Å². The molecule has 0 radical (unpaired) electrons. The normalized spacial score (nSPS) is 14.6. The number of carbonyl (C=O) groups excluding carboxylic acids is 3. The maximum Gasteiger partial charge on any atom is 0.320 e. The molecule has 0 saturated heterocycles. The van der Waals surface area contributed by atoms with Crippen LogP contribution < -0.4 is 0 Å². The van der Waals surface area contributed by atoms with Crippen LogP contribution in [0, 0.1) is 17.8 Å². The Morgan fingerprint density at radius 1 is 0.950 bits per heavy atom. The largest absolute Gasteiger partial charge is 0.468 e. The Morgan fingerprint density at radius 3 is 1.65 bits per heavy atom. The molecule has 0 spiro atoms. The summed E-state index contributed by atoms with van der Waals surface area (Å²) in [4.78, 5) is 35.6. The van der Waals surface area contributed by atoms with E-state index in [-0.39, 0.29) is 9.86 Å². The fourth-order valence-electron chi connectivity index (χ4n) is 1.68. The third-order valence-electron chi connectivity index (χ3n) is 3.00. The zero-order chi connectivity index (χ0) is 16.1. The molecule has 20 heavy (non-hydrogen) atoms. The highest BCUT2D eigenvalue weighted by Gasteiger charge is 2.39. The zero-order valence-electron chi connectivity index (χ0n) is 13.2. The van der Waals surface area contributed by atoms with Gasteiger partial charge in [0.25, 0.3) is 0 Å². The molecule has 0 aromatic carbocycles. The second-order valence-electron chi connectivity index (χ2n) is 5.71. The first-order chi connectivity index (χ1) is 9.05. The van der Waals surface area contributed by atoms with Crippen LogP contribution in [0.15, 0.2) is 0 Å². The summed E-state index contributed by atoms with van der Waals surface area (Å²) in [5.74, 6) is -3.38. The predicted octanol–water partition coefficient (Wildman–Crippen LogP) is 2.28. The third-order valence-corrected chi connectivity index (χ3v) is 4.19. The van der Waals surface area contributed by atoms with Crippen molar-refractivity contribution in [2.75, 3.05) is 14.2 Å². The van der Waals surface area contributed by atoms with Crippen molar-refractivity contribution in [1.82, 2.24) is 0 Å². The average molecular weight is 304 g/mol. The predicted molar refractivity (Wildman–Crippen MR) is 78.2 cm³/mol. The first-order valence-corrected chi connectivity index (χ1v) is 7.25. The minimum absolute atomic E-state index is 0.0530. The highest BCUT2D eigenvalue weighted by atomic mass is 32.2. The van der Waals surface area contributed by atoms with Gasteiger partial charge in [0, 0.05) is 10.7 Å². The number of hydrogen-bond acceptors (Lipinski definition) is 6. The lowest BCUT2D eigenvalue weighted by molar-refractivity contribution is -0.162. The van der Waals surface area contributed by atoms with Gasteiger partial charge < -0.3 is 9.47 Å². The zero-order valence-corrected chi connectivity index (χ0v) is 14.0. The van der Waals surface area contributed by atoms with Gasteiger partial charge in [-0.25, -0.2) is 0 Å². The number of esters is 2. The van der Waals surface area contributed by atoms with E-state index >= 15 is 0 Å². The Kier molecular flexibility index (Phi) is 7.27. The second kappa shape index (κ2) is 7.67. The van der Waals surface area contributed by atoms with E-state index in [1.807, 2.05) is 20.8 Å². The van der Waals surface area contributed by atoms with Crippen molar-refractivity contribution in [3.63, 3.8) is 0 Å². The Bertz CT molecular complexity index is 356. The SMILES string of the molecule is COC(=O)C(C(=O)OC)[C@@H](C)[C@@H](C)C(=O)SC(C)(C)C. The summed E-state index contributed by atoms with van der Waals surface area (Å²) in [6.07, 6.45) is 0. The average Bonchev–Trinajstić information content (AvgIpc) is 2.35. The minimum Gasteiger partial charge on any atom is -0.468 e. The van der Waals surface area contributed by atoms with Crippen LogP contribution in [0.5, 0.6) is 0 Å².